The Morgan fingerprint density at radius 2 is 1.68 bits per heavy atom. The van der Waals surface area contributed by atoms with Gasteiger partial charge < -0.3 is 18.9 Å². The summed E-state index contributed by atoms with van der Waals surface area (Å²) in [6, 6.07) is 13.8. The van der Waals surface area contributed by atoms with Gasteiger partial charge in [0.2, 0.25) is 6.10 Å². The Kier molecular flexibility index (Phi) is 6.83. The lowest BCUT2D eigenvalue weighted by atomic mass is 10.1. The second-order valence-corrected chi connectivity index (χ2v) is 5.04. The molecule has 131 valence electrons. The molecule has 0 heterocycles. The van der Waals surface area contributed by atoms with Crippen molar-refractivity contribution in [3.8, 4) is 11.5 Å². The topological polar surface area (TPSA) is 71.1 Å². The van der Waals surface area contributed by atoms with Crippen LogP contribution >= 0.6 is 0 Å². The van der Waals surface area contributed by atoms with Crippen molar-refractivity contribution in [3.05, 3.63) is 59.7 Å². The summed E-state index contributed by atoms with van der Waals surface area (Å²) in [4.78, 5) is 22.9. The van der Waals surface area contributed by atoms with Crippen LogP contribution in [0.5, 0.6) is 11.5 Å². The van der Waals surface area contributed by atoms with E-state index < -0.39 is 12.1 Å². The van der Waals surface area contributed by atoms with Gasteiger partial charge in [0.1, 0.15) is 18.1 Å². The van der Waals surface area contributed by atoms with Crippen LogP contribution in [0.25, 0.3) is 0 Å². The third-order valence-corrected chi connectivity index (χ3v) is 3.41. The number of hydrogen-bond acceptors (Lipinski definition) is 6. The van der Waals surface area contributed by atoms with E-state index in [1.54, 1.807) is 55.6 Å². The highest BCUT2D eigenvalue weighted by atomic mass is 16.6. The Hall–Kier alpha value is -3.02. The number of rotatable bonds is 9. The van der Waals surface area contributed by atoms with Gasteiger partial charge in [-0.15, -0.1) is 0 Å². The largest absolute Gasteiger partial charge is 0.497 e. The molecule has 6 heteroatoms. The van der Waals surface area contributed by atoms with Gasteiger partial charge in [0, 0.05) is 5.56 Å². The number of carbonyl (C=O) groups is 1. The summed E-state index contributed by atoms with van der Waals surface area (Å²) in [6.45, 7) is 3.76. The van der Waals surface area contributed by atoms with Gasteiger partial charge in [0.15, 0.2) is 0 Å². The molecule has 0 aromatic heterocycles. The Bertz CT molecular complexity index is 678. The smallest absolute Gasteiger partial charge is 0.418 e. The maximum atomic E-state index is 12.3. The van der Waals surface area contributed by atoms with Crippen LogP contribution in [0.15, 0.2) is 48.5 Å². The molecule has 0 fully saturated rings. The minimum absolute atomic E-state index is 0.0541. The molecular formula is C19H19O6. The first-order chi connectivity index (χ1) is 12.2. The van der Waals surface area contributed by atoms with Gasteiger partial charge in [-0.3, -0.25) is 0 Å². The summed E-state index contributed by atoms with van der Waals surface area (Å²) >= 11 is 0. The summed E-state index contributed by atoms with van der Waals surface area (Å²) in [5, 5.41) is 0. The molecule has 25 heavy (non-hydrogen) atoms. The second kappa shape index (κ2) is 9.32. The fraction of sp³-hybridized carbons (Fsp3) is 0.263. The highest BCUT2D eigenvalue weighted by Crippen LogP contribution is 2.22. The van der Waals surface area contributed by atoms with E-state index in [4.69, 9.17) is 18.9 Å². The summed E-state index contributed by atoms with van der Waals surface area (Å²) in [6.07, 6.45) is -1.17. The highest BCUT2D eigenvalue weighted by molar-refractivity contribution is 5.77. The maximum Gasteiger partial charge on any atom is 0.418 e. The van der Waals surface area contributed by atoms with E-state index in [1.165, 1.54) is 6.47 Å². The summed E-state index contributed by atoms with van der Waals surface area (Å²) in [7, 11) is 1.57. The van der Waals surface area contributed by atoms with Gasteiger partial charge in [-0.1, -0.05) is 24.3 Å². The highest BCUT2D eigenvalue weighted by Gasteiger charge is 2.24. The Morgan fingerprint density at radius 3 is 2.24 bits per heavy atom. The van der Waals surface area contributed by atoms with Gasteiger partial charge in [-0.25, -0.2) is 9.59 Å². The van der Waals surface area contributed by atoms with Crippen molar-refractivity contribution in [2.75, 3.05) is 13.7 Å². The van der Waals surface area contributed by atoms with Crippen molar-refractivity contribution in [1.29, 1.82) is 0 Å². The molecule has 1 unspecified atom stereocenters. The normalized spacial score (nSPS) is 11.3. The zero-order valence-electron chi connectivity index (χ0n) is 14.1. The van der Waals surface area contributed by atoms with Gasteiger partial charge in [0.05, 0.1) is 13.7 Å². The molecule has 0 aliphatic carbocycles. The Labute approximate surface area is 146 Å². The number of benzene rings is 2. The zero-order valence-corrected chi connectivity index (χ0v) is 14.1. The molecule has 1 atom stereocenters. The van der Waals surface area contributed by atoms with Gasteiger partial charge in [-0.2, -0.15) is 0 Å². The molecule has 0 amide bonds. The molecule has 6 nitrogen and oxygen atoms in total. The third kappa shape index (κ3) is 5.24. The van der Waals surface area contributed by atoms with Crippen LogP contribution < -0.4 is 9.47 Å². The van der Waals surface area contributed by atoms with E-state index >= 15 is 0 Å². The monoisotopic (exact) mass is 343 g/mol. The quantitative estimate of drug-likeness (QED) is 0.652. The van der Waals surface area contributed by atoms with Crippen LogP contribution in [0.3, 0.4) is 0 Å². The van der Waals surface area contributed by atoms with E-state index in [1.807, 2.05) is 6.92 Å². The molecule has 0 aliphatic heterocycles. The second-order valence-electron chi connectivity index (χ2n) is 5.04. The lowest BCUT2D eigenvalue weighted by molar-refractivity contribution is -0.154. The van der Waals surface area contributed by atoms with Crippen molar-refractivity contribution < 1.29 is 28.5 Å². The summed E-state index contributed by atoms with van der Waals surface area (Å²) < 4.78 is 20.4. The summed E-state index contributed by atoms with van der Waals surface area (Å²) in [5.41, 5.74) is 1.27. The van der Waals surface area contributed by atoms with Gasteiger partial charge in [0.25, 0.3) is 0 Å². The number of carbonyl (C=O) groups excluding carboxylic acids is 2. The van der Waals surface area contributed by atoms with Crippen LogP contribution in [-0.4, -0.2) is 26.2 Å². The maximum absolute atomic E-state index is 12.3. The van der Waals surface area contributed by atoms with E-state index in [-0.39, 0.29) is 6.61 Å². The number of ether oxygens (including phenoxy) is 4. The zero-order chi connectivity index (χ0) is 18.1. The molecule has 0 saturated heterocycles. The number of hydrogen-bond donors (Lipinski definition) is 0. The van der Waals surface area contributed by atoms with Crippen molar-refractivity contribution in [3.63, 3.8) is 0 Å². The minimum atomic E-state index is -1.17. The van der Waals surface area contributed by atoms with Crippen molar-refractivity contribution in [2.24, 2.45) is 0 Å². The van der Waals surface area contributed by atoms with Crippen molar-refractivity contribution >= 4 is 12.4 Å². The molecule has 0 spiro atoms. The van der Waals surface area contributed by atoms with Crippen LogP contribution in [0.4, 0.5) is 0 Å². The standard InChI is InChI=1S/C19H19O6/c1-3-23-17-10-6-15(7-11-17)18(25-13-20)19(21)24-12-14-4-8-16(22-2)9-5-14/h4-11,18H,3,12H2,1-2H3. The first kappa shape index (κ1) is 18.3. The average Bonchev–Trinajstić information content (AvgIpc) is 2.65. The summed E-state index contributed by atoms with van der Waals surface area (Å²) in [5.74, 6) is 0.691. The Balaban J connectivity index is 2.02. The van der Waals surface area contributed by atoms with E-state index in [0.717, 1.165) is 5.56 Å². The number of esters is 1. The Morgan fingerprint density at radius 1 is 1.04 bits per heavy atom. The van der Waals surface area contributed by atoms with E-state index in [0.29, 0.717) is 23.7 Å². The third-order valence-electron chi connectivity index (χ3n) is 3.41. The predicted molar refractivity (Wildman–Crippen MR) is 89.9 cm³/mol. The molecule has 0 bridgehead atoms. The molecule has 2 aromatic rings. The first-order valence-electron chi connectivity index (χ1n) is 7.73. The molecule has 0 saturated carbocycles. The molecule has 0 N–H and O–H groups in total. The minimum Gasteiger partial charge on any atom is -0.497 e. The van der Waals surface area contributed by atoms with Crippen molar-refractivity contribution in [1.82, 2.24) is 0 Å². The first-order valence-corrected chi connectivity index (χ1v) is 7.73. The fourth-order valence-corrected chi connectivity index (χ4v) is 2.16. The van der Waals surface area contributed by atoms with Crippen molar-refractivity contribution in [2.45, 2.75) is 19.6 Å². The molecule has 2 rings (SSSR count). The predicted octanol–water partition coefficient (Wildman–Crippen LogP) is 2.96. The van der Waals surface area contributed by atoms with Crippen LogP contribution in [-0.2, 0) is 25.7 Å². The molecule has 1 radical (unpaired) electrons. The van der Waals surface area contributed by atoms with E-state index in [9.17, 15) is 9.59 Å². The van der Waals surface area contributed by atoms with Gasteiger partial charge in [-0.05, 0) is 36.8 Å². The van der Waals surface area contributed by atoms with Crippen LogP contribution in [0.1, 0.15) is 24.2 Å². The lowest BCUT2D eigenvalue weighted by Gasteiger charge is -2.15. The van der Waals surface area contributed by atoms with E-state index in [2.05, 4.69) is 0 Å². The fourth-order valence-electron chi connectivity index (χ4n) is 2.16. The van der Waals surface area contributed by atoms with Gasteiger partial charge >= 0.3 is 12.4 Å². The van der Waals surface area contributed by atoms with Crippen LogP contribution in [0, 0.1) is 0 Å². The SMILES string of the molecule is CCOc1ccc(C(O[C]=O)C(=O)OCc2ccc(OC)cc2)cc1. The average molecular weight is 343 g/mol. The molecule has 2 aromatic carbocycles. The molecular weight excluding hydrogens is 324 g/mol. The van der Waals surface area contributed by atoms with Crippen LogP contribution in [0.2, 0.25) is 0 Å². The lowest BCUT2D eigenvalue weighted by Crippen LogP contribution is -2.18. The molecule has 0 aliphatic rings. The number of methoxy groups -OCH3 is 1.